The van der Waals surface area contributed by atoms with E-state index in [1.165, 1.54) is 30.3 Å². The zero-order chi connectivity index (χ0) is 20.9. The van der Waals surface area contributed by atoms with Gasteiger partial charge in [0.1, 0.15) is 5.75 Å². The van der Waals surface area contributed by atoms with E-state index in [1.54, 1.807) is 42.5 Å². The van der Waals surface area contributed by atoms with E-state index in [1.807, 2.05) is 6.92 Å². The van der Waals surface area contributed by atoms with Crippen molar-refractivity contribution in [3.63, 3.8) is 0 Å². The Hall–Kier alpha value is -3.03. The molecule has 0 aliphatic rings. The predicted molar refractivity (Wildman–Crippen MR) is 114 cm³/mol. The van der Waals surface area contributed by atoms with Crippen LogP contribution in [0.25, 0.3) is 0 Å². The Kier molecular flexibility index (Phi) is 6.41. The number of ether oxygens (including phenoxy) is 1. The highest BCUT2D eigenvalue weighted by Gasteiger charge is 2.15. The lowest BCUT2D eigenvalue weighted by Gasteiger charge is -2.10. The SMILES string of the molecule is CCOc1ccc(NC(=O)c2cccc(NS(=O)(=O)c3ccc(Cl)cc3)c2)cc1. The number of carbonyl (C=O) groups excluding carboxylic acids is 1. The van der Waals surface area contributed by atoms with Crippen molar-refractivity contribution in [1.82, 2.24) is 0 Å². The average molecular weight is 431 g/mol. The summed E-state index contributed by atoms with van der Waals surface area (Å²) < 4.78 is 32.8. The van der Waals surface area contributed by atoms with E-state index in [-0.39, 0.29) is 16.5 Å². The van der Waals surface area contributed by atoms with Crippen LogP contribution in [0.3, 0.4) is 0 Å². The standard InChI is InChI=1S/C21H19ClN2O4S/c1-2-28-19-10-8-17(9-11-19)23-21(25)15-4-3-5-18(14-15)24-29(26,27)20-12-6-16(22)7-13-20/h3-14,24H,2H2,1H3,(H,23,25). The van der Waals surface area contributed by atoms with Gasteiger partial charge in [0.2, 0.25) is 0 Å². The molecule has 0 radical (unpaired) electrons. The summed E-state index contributed by atoms with van der Waals surface area (Å²) >= 11 is 5.80. The first-order valence-corrected chi connectivity index (χ1v) is 10.7. The molecule has 0 fully saturated rings. The number of anilines is 2. The van der Waals surface area contributed by atoms with Crippen molar-refractivity contribution in [2.45, 2.75) is 11.8 Å². The van der Waals surface area contributed by atoms with Gasteiger partial charge < -0.3 is 10.1 Å². The number of rotatable bonds is 7. The van der Waals surface area contributed by atoms with Gasteiger partial charge in [-0.1, -0.05) is 17.7 Å². The Morgan fingerprint density at radius 2 is 1.66 bits per heavy atom. The lowest BCUT2D eigenvalue weighted by Crippen LogP contribution is -2.15. The molecule has 0 aliphatic carbocycles. The fraction of sp³-hybridized carbons (Fsp3) is 0.0952. The summed E-state index contributed by atoms with van der Waals surface area (Å²) in [4.78, 5) is 12.6. The van der Waals surface area contributed by atoms with Crippen molar-refractivity contribution in [1.29, 1.82) is 0 Å². The van der Waals surface area contributed by atoms with Gasteiger partial charge in [-0.2, -0.15) is 0 Å². The minimum absolute atomic E-state index is 0.0751. The molecule has 150 valence electrons. The summed E-state index contributed by atoms with van der Waals surface area (Å²) in [6, 6.07) is 19.0. The minimum Gasteiger partial charge on any atom is -0.494 e. The minimum atomic E-state index is -3.80. The first kappa shape index (κ1) is 20.7. The van der Waals surface area contributed by atoms with Crippen molar-refractivity contribution in [3.05, 3.63) is 83.4 Å². The summed E-state index contributed by atoms with van der Waals surface area (Å²) in [6.45, 7) is 2.45. The third kappa shape index (κ3) is 5.49. The molecule has 3 aromatic rings. The molecule has 0 spiro atoms. The molecule has 1 amide bonds. The molecule has 29 heavy (non-hydrogen) atoms. The number of sulfonamides is 1. The molecule has 2 N–H and O–H groups in total. The summed E-state index contributed by atoms with van der Waals surface area (Å²) in [5.41, 5.74) is 1.19. The van der Waals surface area contributed by atoms with Crippen LogP contribution in [-0.2, 0) is 10.0 Å². The Balaban J connectivity index is 1.73. The van der Waals surface area contributed by atoms with Gasteiger partial charge in [-0.25, -0.2) is 8.42 Å². The molecule has 6 nitrogen and oxygen atoms in total. The molecular weight excluding hydrogens is 412 g/mol. The molecule has 0 atom stereocenters. The molecule has 0 bridgehead atoms. The monoisotopic (exact) mass is 430 g/mol. The summed E-state index contributed by atoms with van der Waals surface area (Å²) in [5.74, 6) is 0.353. The second kappa shape index (κ2) is 8.98. The van der Waals surface area contributed by atoms with Crippen LogP contribution in [0.1, 0.15) is 17.3 Å². The van der Waals surface area contributed by atoms with E-state index in [0.717, 1.165) is 0 Å². The quantitative estimate of drug-likeness (QED) is 0.564. The molecule has 0 saturated heterocycles. The predicted octanol–water partition coefficient (Wildman–Crippen LogP) is 4.79. The molecule has 0 unspecified atom stereocenters. The number of carbonyl (C=O) groups is 1. The van der Waals surface area contributed by atoms with Crippen molar-refractivity contribution in [3.8, 4) is 5.75 Å². The Morgan fingerprint density at radius 3 is 2.31 bits per heavy atom. The van der Waals surface area contributed by atoms with Gasteiger partial charge in [0.25, 0.3) is 15.9 Å². The topological polar surface area (TPSA) is 84.5 Å². The van der Waals surface area contributed by atoms with Crippen LogP contribution in [0.5, 0.6) is 5.75 Å². The maximum Gasteiger partial charge on any atom is 0.261 e. The van der Waals surface area contributed by atoms with Crippen LogP contribution < -0.4 is 14.8 Å². The Labute approximate surface area is 174 Å². The molecule has 3 rings (SSSR count). The van der Waals surface area contributed by atoms with E-state index < -0.39 is 10.0 Å². The van der Waals surface area contributed by atoms with Crippen molar-refractivity contribution < 1.29 is 17.9 Å². The normalized spacial score (nSPS) is 11.0. The molecule has 0 aliphatic heterocycles. The lowest BCUT2D eigenvalue weighted by molar-refractivity contribution is 0.102. The van der Waals surface area contributed by atoms with Crippen molar-refractivity contribution >= 4 is 38.9 Å². The van der Waals surface area contributed by atoms with E-state index in [9.17, 15) is 13.2 Å². The van der Waals surface area contributed by atoms with Gasteiger partial charge in [0.15, 0.2) is 0 Å². The van der Waals surface area contributed by atoms with Crippen LogP contribution in [0.15, 0.2) is 77.7 Å². The second-order valence-corrected chi connectivity index (χ2v) is 8.17. The maximum atomic E-state index is 12.5. The third-order valence-corrected chi connectivity index (χ3v) is 5.57. The fourth-order valence-electron chi connectivity index (χ4n) is 2.56. The van der Waals surface area contributed by atoms with Gasteiger partial charge >= 0.3 is 0 Å². The number of hydrogen-bond acceptors (Lipinski definition) is 4. The van der Waals surface area contributed by atoms with Crippen molar-refractivity contribution in [2.24, 2.45) is 0 Å². The molecule has 3 aromatic carbocycles. The first-order chi connectivity index (χ1) is 13.9. The zero-order valence-electron chi connectivity index (χ0n) is 15.6. The summed E-state index contributed by atoms with van der Waals surface area (Å²) in [7, 11) is -3.80. The highest BCUT2D eigenvalue weighted by Crippen LogP contribution is 2.20. The molecule has 0 heterocycles. The van der Waals surface area contributed by atoms with Crippen LogP contribution in [0.4, 0.5) is 11.4 Å². The van der Waals surface area contributed by atoms with Crippen molar-refractivity contribution in [2.75, 3.05) is 16.6 Å². The van der Waals surface area contributed by atoms with Gasteiger partial charge in [-0.05, 0) is 73.7 Å². The summed E-state index contributed by atoms with van der Waals surface area (Å²) in [5, 5.41) is 3.21. The van der Waals surface area contributed by atoms with E-state index in [4.69, 9.17) is 16.3 Å². The lowest BCUT2D eigenvalue weighted by atomic mass is 10.2. The number of benzene rings is 3. The van der Waals surface area contributed by atoms with Crippen LogP contribution in [0.2, 0.25) is 5.02 Å². The number of amides is 1. The summed E-state index contributed by atoms with van der Waals surface area (Å²) in [6.07, 6.45) is 0. The smallest absolute Gasteiger partial charge is 0.261 e. The Bertz CT molecular complexity index is 1100. The fourth-order valence-corrected chi connectivity index (χ4v) is 3.73. The largest absolute Gasteiger partial charge is 0.494 e. The number of hydrogen-bond donors (Lipinski definition) is 2. The molecule has 8 heteroatoms. The average Bonchev–Trinajstić information content (AvgIpc) is 2.70. The first-order valence-electron chi connectivity index (χ1n) is 8.80. The highest BCUT2D eigenvalue weighted by molar-refractivity contribution is 7.92. The van der Waals surface area contributed by atoms with E-state index in [0.29, 0.717) is 28.6 Å². The van der Waals surface area contributed by atoms with Gasteiger partial charge in [-0.3, -0.25) is 9.52 Å². The number of nitrogens with one attached hydrogen (secondary N) is 2. The number of halogens is 1. The van der Waals surface area contributed by atoms with E-state index >= 15 is 0 Å². The molecule has 0 saturated carbocycles. The van der Waals surface area contributed by atoms with Crippen LogP contribution >= 0.6 is 11.6 Å². The van der Waals surface area contributed by atoms with Crippen LogP contribution in [-0.4, -0.2) is 20.9 Å². The van der Waals surface area contributed by atoms with E-state index in [2.05, 4.69) is 10.0 Å². The zero-order valence-corrected chi connectivity index (χ0v) is 17.1. The van der Waals surface area contributed by atoms with Gasteiger partial charge in [0.05, 0.1) is 11.5 Å². The molecular formula is C21H19ClN2O4S. The van der Waals surface area contributed by atoms with Gasteiger partial charge in [0, 0.05) is 22.0 Å². The molecule has 0 aromatic heterocycles. The highest BCUT2D eigenvalue weighted by atomic mass is 35.5. The Morgan fingerprint density at radius 1 is 0.966 bits per heavy atom. The van der Waals surface area contributed by atoms with Gasteiger partial charge in [-0.15, -0.1) is 0 Å². The van der Waals surface area contributed by atoms with Crippen LogP contribution in [0, 0.1) is 0 Å². The second-order valence-electron chi connectivity index (χ2n) is 6.05. The maximum absolute atomic E-state index is 12.5. The third-order valence-electron chi connectivity index (χ3n) is 3.92.